The van der Waals surface area contributed by atoms with Crippen LogP contribution in [0.15, 0.2) is 21.0 Å². The van der Waals surface area contributed by atoms with Gasteiger partial charge in [-0.3, -0.25) is 0 Å². The van der Waals surface area contributed by atoms with Crippen LogP contribution in [-0.2, 0) is 17.4 Å². The van der Waals surface area contributed by atoms with Crippen LogP contribution in [0.2, 0.25) is 0 Å². The molecule has 1 aliphatic rings. The van der Waals surface area contributed by atoms with Crippen molar-refractivity contribution in [2.24, 2.45) is 5.41 Å². The first-order valence-corrected chi connectivity index (χ1v) is 4.67. The Morgan fingerprint density at radius 2 is 1.13 bits per heavy atom. The maximum atomic E-state index is 2.71. The SMILES string of the molecule is CC1=C(C)C(C)(C)[C]([V+4])=C1C.[Cl-].[Cl-].[Cl-].[Cl-]. The van der Waals surface area contributed by atoms with E-state index in [4.69, 9.17) is 0 Å². The monoisotopic (exact) mass is 326 g/mol. The summed E-state index contributed by atoms with van der Waals surface area (Å²) in [6.07, 6.45) is 0. The van der Waals surface area contributed by atoms with E-state index in [1.165, 1.54) is 21.0 Å². The fourth-order valence-electron chi connectivity index (χ4n) is 1.57. The Morgan fingerprint density at radius 1 is 0.800 bits per heavy atom. The van der Waals surface area contributed by atoms with Crippen molar-refractivity contribution in [2.45, 2.75) is 34.6 Å². The summed E-state index contributed by atoms with van der Waals surface area (Å²) < 4.78 is 1.47. The summed E-state index contributed by atoms with van der Waals surface area (Å²) in [6.45, 7) is 11.2. The normalized spacial score (nSPS) is 17.3. The van der Waals surface area contributed by atoms with Crippen LogP contribution in [0, 0.1) is 5.41 Å². The molecule has 0 aromatic rings. The molecule has 0 N–H and O–H groups in total. The van der Waals surface area contributed by atoms with Gasteiger partial charge < -0.3 is 49.6 Å². The predicted molar refractivity (Wildman–Crippen MR) is 44.9 cm³/mol. The molecule has 0 unspecified atom stereocenters. The summed E-state index contributed by atoms with van der Waals surface area (Å²) in [4.78, 5) is 0. The molecule has 0 amide bonds. The molecule has 0 fully saturated rings. The van der Waals surface area contributed by atoms with Gasteiger partial charge in [-0.15, -0.1) is 0 Å². The summed E-state index contributed by atoms with van der Waals surface area (Å²) in [5, 5.41) is 0. The topological polar surface area (TPSA) is 0 Å². The van der Waals surface area contributed by atoms with Crippen molar-refractivity contribution in [1.82, 2.24) is 0 Å². The molecule has 0 spiro atoms. The molecule has 0 saturated heterocycles. The Morgan fingerprint density at radius 3 is 1.20 bits per heavy atom. The van der Waals surface area contributed by atoms with E-state index in [0.29, 0.717) is 0 Å². The second-order valence-corrected chi connectivity index (χ2v) is 4.55. The van der Waals surface area contributed by atoms with Gasteiger partial charge in [0.1, 0.15) is 0 Å². The summed E-state index contributed by atoms with van der Waals surface area (Å²) in [5.74, 6) is 0. The van der Waals surface area contributed by atoms with Crippen LogP contribution in [0.4, 0.5) is 0 Å². The van der Waals surface area contributed by atoms with E-state index in [-0.39, 0.29) is 55.0 Å². The zero-order chi connectivity index (χ0) is 8.81. The third kappa shape index (κ3) is 4.18. The largest absolute Gasteiger partial charge is 1.00 e. The maximum absolute atomic E-state index is 2.71. The Hall–Kier alpha value is 1.22. The van der Waals surface area contributed by atoms with Crippen molar-refractivity contribution in [3.05, 3.63) is 21.0 Å². The first-order chi connectivity index (χ1) is 4.89. The molecule has 0 nitrogen and oxygen atoms in total. The maximum Gasteiger partial charge on any atom is -1.00 e. The molecule has 15 heavy (non-hydrogen) atoms. The number of hydrogen-bond donors (Lipinski definition) is 0. The second-order valence-electron chi connectivity index (χ2n) is 3.85. The fourth-order valence-corrected chi connectivity index (χ4v) is 2.10. The van der Waals surface area contributed by atoms with Crippen LogP contribution < -0.4 is 49.6 Å². The zero-order valence-corrected chi connectivity index (χ0v) is 13.9. The van der Waals surface area contributed by atoms with Crippen LogP contribution in [0.1, 0.15) is 34.6 Å². The van der Waals surface area contributed by atoms with E-state index in [9.17, 15) is 0 Å². The molecule has 5 heteroatoms. The average Bonchev–Trinajstić information content (AvgIpc) is 2.06. The minimum atomic E-state index is 0. The minimum absolute atomic E-state index is 0. The third-order valence-electron chi connectivity index (χ3n) is 3.01. The van der Waals surface area contributed by atoms with Gasteiger partial charge >= 0.3 is 78.5 Å². The van der Waals surface area contributed by atoms with Crippen molar-refractivity contribution < 1.29 is 67.1 Å². The van der Waals surface area contributed by atoms with Gasteiger partial charge in [-0.1, -0.05) is 0 Å². The van der Waals surface area contributed by atoms with E-state index >= 15 is 0 Å². The van der Waals surface area contributed by atoms with Crippen LogP contribution in [0.3, 0.4) is 0 Å². The average molecular weight is 328 g/mol. The first kappa shape index (κ1) is 25.2. The van der Waals surface area contributed by atoms with E-state index in [1.807, 2.05) is 0 Å². The molecule has 0 heterocycles. The third-order valence-corrected chi connectivity index (χ3v) is 4.41. The number of halogens is 4. The van der Waals surface area contributed by atoms with Gasteiger partial charge in [-0.2, -0.15) is 0 Å². The van der Waals surface area contributed by atoms with E-state index < -0.39 is 0 Å². The van der Waals surface area contributed by atoms with Crippen LogP contribution in [0.25, 0.3) is 0 Å². The van der Waals surface area contributed by atoms with Gasteiger partial charge in [0.15, 0.2) is 0 Å². The Labute approximate surface area is 127 Å². The van der Waals surface area contributed by atoms with Crippen molar-refractivity contribution in [3.63, 3.8) is 0 Å². The van der Waals surface area contributed by atoms with Crippen molar-refractivity contribution in [3.8, 4) is 0 Å². The molecule has 0 atom stereocenters. The number of rotatable bonds is 0. The van der Waals surface area contributed by atoms with Gasteiger partial charge in [0.2, 0.25) is 0 Å². The molecule has 0 aromatic heterocycles. The van der Waals surface area contributed by atoms with E-state index in [0.717, 1.165) is 0 Å². The smallest absolute Gasteiger partial charge is 1.00 e. The Balaban J connectivity index is -0.000000151. The molecule has 0 aliphatic heterocycles. The van der Waals surface area contributed by atoms with Crippen LogP contribution in [0.5, 0.6) is 0 Å². The van der Waals surface area contributed by atoms with Crippen LogP contribution in [-0.4, -0.2) is 0 Å². The van der Waals surface area contributed by atoms with Gasteiger partial charge in [0.05, 0.1) is 0 Å². The number of allylic oxidation sites excluding steroid dienone is 4. The summed E-state index contributed by atoms with van der Waals surface area (Å²) in [7, 11) is 0. The summed E-state index contributed by atoms with van der Waals surface area (Å²) >= 11 is 2.71. The van der Waals surface area contributed by atoms with Crippen molar-refractivity contribution >= 4 is 0 Å². The molecule has 0 saturated carbocycles. The Bertz CT molecular complexity index is 241. The standard InChI is InChI=1S/C10H15.4ClH.V/c1-7-6-10(4,5)9(3)8(7)2;;;;;/h1-5H3;4*1H;/q;;;;;+4/p-4. The zero-order valence-electron chi connectivity index (χ0n) is 9.46. The van der Waals surface area contributed by atoms with Gasteiger partial charge in [-0.05, 0) is 0 Å². The molecule has 0 radical (unpaired) electrons. The van der Waals surface area contributed by atoms with Gasteiger partial charge in [-0.25, -0.2) is 0 Å². The van der Waals surface area contributed by atoms with Crippen molar-refractivity contribution in [2.75, 3.05) is 0 Å². The fraction of sp³-hybridized carbons (Fsp3) is 0.600. The molecule has 1 aliphatic carbocycles. The van der Waals surface area contributed by atoms with Gasteiger partial charge in [0, 0.05) is 0 Å². The number of hydrogen-bond acceptors (Lipinski definition) is 0. The summed E-state index contributed by atoms with van der Waals surface area (Å²) in [5.41, 5.74) is 4.75. The molecule has 1 rings (SSSR count). The second kappa shape index (κ2) is 8.33. The first-order valence-electron chi connectivity index (χ1n) is 3.97. The molecule has 0 bridgehead atoms. The van der Waals surface area contributed by atoms with E-state index in [1.54, 1.807) is 0 Å². The molecular formula is C10H15Cl4V. The molecule has 88 valence electrons. The minimum Gasteiger partial charge on any atom is -1.00 e. The quantitative estimate of drug-likeness (QED) is 0.415. The Kier molecular flexibility index (Phi) is 14.0. The van der Waals surface area contributed by atoms with Gasteiger partial charge in [0.25, 0.3) is 0 Å². The molecule has 0 aromatic carbocycles. The molecular weight excluding hydrogens is 313 g/mol. The van der Waals surface area contributed by atoms with Crippen LogP contribution >= 0.6 is 0 Å². The van der Waals surface area contributed by atoms with Crippen molar-refractivity contribution in [1.29, 1.82) is 0 Å². The van der Waals surface area contributed by atoms with E-state index in [2.05, 4.69) is 52.0 Å². The summed E-state index contributed by atoms with van der Waals surface area (Å²) in [6, 6.07) is 0. The predicted octanol–water partition coefficient (Wildman–Crippen LogP) is -8.80.